The monoisotopic (exact) mass is 410 g/mol. The second kappa shape index (κ2) is 8.41. The molecule has 1 aliphatic rings. The van der Waals surface area contributed by atoms with Crippen LogP contribution in [0.1, 0.15) is 25.3 Å². The molecule has 0 saturated carbocycles. The number of imidazole rings is 1. The standard InChI is InChI=1S/C18H23ClN4O3S/c1-2-22-12-17(21-13-22)27(25,26)23-9-3-4-15(11-23)18(24)20-10-14-5-7-16(19)8-6-14/h5-8,12-13,15H,2-4,9-11H2,1H3,(H,20,24). The van der Waals surface area contributed by atoms with Gasteiger partial charge in [0.05, 0.1) is 12.2 Å². The Kier molecular flexibility index (Phi) is 6.18. The van der Waals surface area contributed by atoms with Gasteiger partial charge in [0.15, 0.2) is 5.03 Å². The number of aryl methyl sites for hydroxylation is 1. The van der Waals surface area contributed by atoms with Gasteiger partial charge in [-0.05, 0) is 37.5 Å². The number of halogens is 1. The quantitative estimate of drug-likeness (QED) is 0.791. The van der Waals surface area contributed by atoms with Crippen molar-refractivity contribution in [2.45, 2.75) is 37.9 Å². The summed E-state index contributed by atoms with van der Waals surface area (Å²) in [6, 6.07) is 7.25. The van der Waals surface area contributed by atoms with Gasteiger partial charge >= 0.3 is 0 Å². The Morgan fingerprint density at radius 3 is 2.74 bits per heavy atom. The first-order chi connectivity index (χ1) is 12.9. The second-order valence-electron chi connectivity index (χ2n) is 6.59. The summed E-state index contributed by atoms with van der Waals surface area (Å²) in [6.07, 6.45) is 4.35. The number of piperidine rings is 1. The van der Waals surface area contributed by atoms with Crippen LogP contribution >= 0.6 is 11.6 Å². The van der Waals surface area contributed by atoms with Gasteiger partial charge in [-0.1, -0.05) is 23.7 Å². The van der Waals surface area contributed by atoms with Crippen molar-refractivity contribution in [2.75, 3.05) is 13.1 Å². The van der Waals surface area contributed by atoms with Crippen LogP contribution in [0.5, 0.6) is 0 Å². The van der Waals surface area contributed by atoms with Gasteiger partial charge in [0.2, 0.25) is 5.91 Å². The van der Waals surface area contributed by atoms with E-state index in [1.54, 1.807) is 16.7 Å². The molecule has 1 N–H and O–H groups in total. The summed E-state index contributed by atoms with van der Waals surface area (Å²) >= 11 is 5.86. The maximum atomic E-state index is 12.8. The first-order valence-electron chi connectivity index (χ1n) is 8.94. The number of hydrogen-bond acceptors (Lipinski definition) is 4. The van der Waals surface area contributed by atoms with Gasteiger partial charge in [0.25, 0.3) is 10.0 Å². The average Bonchev–Trinajstić information content (AvgIpc) is 3.17. The molecule has 0 bridgehead atoms. The summed E-state index contributed by atoms with van der Waals surface area (Å²) in [5.74, 6) is -0.502. The Morgan fingerprint density at radius 2 is 2.07 bits per heavy atom. The van der Waals surface area contributed by atoms with Gasteiger partial charge in [-0.2, -0.15) is 4.31 Å². The molecule has 1 fully saturated rings. The average molecular weight is 411 g/mol. The SMILES string of the molecule is CCn1cnc(S(=O)(=O)N2CCCC(C(=O)NCc3ccc(Cl)cc3)C2)c1. The van der Waals surface area contributed by atoms with Crippen molar-refractivity contribution in [2.24, 2.45) is 5.92 Å². The van der Waals surface area contributed by atoms with Gasteiger partial charge in [0, 0.05) is 37.4 Å². The summed E-state index contributed by atoms with van der Waals surface area (Å²) in [7, 11) is -3.68. The lowest BCUT2D eigenvalue weighted by Gasteiger charge is -2.30. The topological polar surface area (TPSA) is 84.3 Å². The number of carbonyl (C=O) groups is 1. The molecule has 27 heavy (non-hydrogen) atoms. The molecule has 146 valence electrons. The van der Waals surface area contributed by atoms with E-state index >= 15 is 0 Å². The molecule has 1 atom stereocenters. The van der Waals surface area contributed by atoms with Crippen LogP contribution in [-0.2, 0) is 27.9 Å². The summed E-state index contributed by atoms with van der Waals surface area (Å²) in [5.41, 5.74) is 0.943. The normalized spacial score (nSPS) is 18.4. The van der Waals surface area contributed by atoms with Gasteiger partial charge in [0.1, 0.15) is 0 Å². The van der Waals surface area contributed by atoms with Crippen molar-refractivity contribution in [3.8, 4) is 0 Å². The molecule has 3 rings (SSSR count). The smallest absolute Gasteiger partial charge is 0.262 e. The van der Waals surface area contributed by atoms with E-state index in [-0.39, 0.29) is 23.4 Å². The minimum Gasteiger partial charge on any atom is -0.352 e. The van der Waals surface area contributed by atoms with Gasteiger partial charge in [-0.3, -0.25) is 4.79 Å². The highest BCUT2D eigenvalue weighted by molar-refractivity contribution is 7.89. The van der Waals surface area contributed by atoms with Crippen molar-refractivity contribution >= 4 is 27.5 Å². The number of amides is 1. The van der Waals surface area contributed by atoms with Gasteiger partial charge in [-0.15, -0.1) is 0 Å². The third kappa shape index (κ3) is 4.69. The summed E-state index contributed by atoms with van der Waals surface area (Å²) in [6.45, 7) is 3.54. The molecule has 9 heteroatoms. The minimum atomic E-state index is -3.68. The van der Waals surface area contributed by atoms with E-state index < -0.39 is 10.0 Å². The van der Waals surface area contributed by atoms with Crippen LogP contribution in [0.25, 0.3) is 0 Å². The zero-order valence-corrected chi connectivity index (χ0v) is 16.7. The van der Waals surface area contributed by atoms with Crippen molar-refractivity contribution < 1.29 is 13.2 Å². The predicted molar refractivity (Wildman–Crippen MR) is 103 cm³/mol. The molecule has 0 radical (unpaired) electrons. The molecular formula is C18H23ClN4O3S. The van der Waals surface area contributed by atoms with E-state index in [0.29, 0.717) is 37.5 Å². The number of benzene rings is 1. The zero-order valence-electron chi connectivity index (χ0n) is 15.1. The number of rotatable bonds is 6. The number of nitrogens with zero attached hydrogens (tertiary/aromatic N) is 3. The highest BCUT2D eigenvalue weighted by Crippen LogP contribution is 2.23. The Hall–Kier alpha value is -1.90. The highest BCUT2D eigenvalue weighted by atomic mass is 35.5. The van der Waals surface area contributed by atoms with Gasteiger partial charge < -0.3 is 9.88 Å². The fraction of sp³-hybridized carbons (Fsp3) is 0.444. The predicted octanol–water partition coefficient (Wildman–Crippen LogP) is 2.27. The van der Waals surface area contributed by atoms with E-state index in [4.69, 9.17) is 11.6 Å². The lowest BCUT2D eigenvalue weighted by Crippen LogP contribution is -2.45. The first kappa shape index (κ1) is 19.9. The third-order valence-corrected chi connectivity index (χ3v) is 6.72. The molecular weight excluding hydrogens is 388 g/mol. The van der Waals surface area contributed by atoms with Crippen LogP contribution in [0.4, 0.5) is 0 Å². The molecule has 1 amide bonds. The maximum absolute atomic E-state index is 12.8. The van der Waals surface area contributed by atoms with Gasteiger partial charge in [-0.25, -0.2) is 13.4 Å². The van der Waals surface area contributed by atoms with Crippen molar-refractivity contribution in [1.82, 2.24) is 19.2 Å². The van der Waals surface area contributed by atoms with E-state index in [1.165, 1.54) is 16.8 Å². The molecule has 2 heterocycles. The van der Waals surface area contributed by atoms with Crippen LogP contribution in [0.3, 0.4) is 0 Å². The number of aromatic nitrogens is 2. The van der Waals surface area contributed by atoms with E-state index in [2.05, 4.69) is 10.3 Å². The van der Waals surface area contributed by atoms with Crippen molar-refractivity contribution in [1.29, 1.82) is 0 Å². The van der Waals surface area contributed by atoms with Crippen LogP contribution in [0, 0.1) is 5.92 Å². The molecule has 1 aromatic heterocycles. The van der Waals surface area contributed by atoms with Crippen LogP contribution < -0.4 is 5.32 Å². The molecule has 7 nitrogen and oxygen atoms in total. The Balaban J connectivity index is 1.62. The fourth-order valence-corrected chi connectivity index (χ4v) is 4.67. The number of hydrogen-bond donors (Lipinski definition) is 1. The lowest BCUT2D eigenvalue weighted by molar-refractivity contribution is -0.126. The van der Waals surface area contributed by atoms with Crippen molar-refractivity contribution in [3.63, 3.8) is 0 Å². The Bertz CT molecular complexity index is 896. The van der Waals surface area contributed by atoms with E-state index in [0.717, 1.165) is 5.56 Å². The first-order valence-corrected chi connectivity index (χ1v) is 10.8. The summed E-state index contributed by atoms with van der Waals surface area (Å²) < 4.78 is 28.7. The van der Waals surface area contributed by atoms with E-state index in [1.807, 2.05) is 19.1 Å². The molecule has 1 saturated heterocycles. The molecule has 0 aliphatic carbocycles. The lowest BCUT2D eigenvalue weighted by atomic mass is 9.99. The minimum absolute atomic E-state index is 0.0339. The molecule has 1 unspecified atom stereocenters. The third-order valence-electron chi connectivity index (χ3n) is 4.71. The number of carbonyl (C=O) groups excluding carboxylic acids is 1. The molecule has 1 aliphatic heterocycles. The second-order valence-corrected chi connectivity index (χ2v) is 8.91. The van der Waals surface area contributed by atoms with Crippen LogP contribution in [0.2, 0.25) is 5.02 Å². The fourth-order valence-electron chi connectivity index (χ4n) is 3.09. The molecule has 0 spiro atoms. The van der Waals surface area contributed by atoms with Crippen LogP contribution in [0.15, 0.2) is 41.8 Å². The zero-order chi connectivity index (χ0) is 19.4. The Labute approximate surface area is 164 Å². The van der Waals surface area contributed by atoms with E-state index in [9.17, 15) is 13.2 Å². The largest absolute Gasteiger partial charge is 0.352 e. The summed E-state index contributed by atoms with van der Waals surface area (Å²) in [5, 5.41) is 3.57. The number of nitrogens with one attached hydrogen (secondary N) is 1. The molecule has 2 aromatic rings. The maximum Gasteiger partial charge on any atom is 0.262 e. The number of sulfonamides is 1. The highest BCUT2D eigenvalue weighted by Gasteiger charge is 2.34. The summed E-state index contributed by atoms with van der Waals surface area (Å²) in [4.78, 5) is 16.5. The molecule has 1 aromatic carbocycles. The van der Waals surface area contributed by atoms with Crippen molar-refractivity contribution in [3.05, 3.63) is 47.4 Å². The Morgan fingerprint density at radius 1 is 1.33 bits per heavy atom. The van der Waals surface area contributed by atoms with Crippen LogP contribution in [-0.4, -0.2) is 41.3 Å².